The molecular formula is C22H27ClO7. The van der Waals surface area contributed by atoms with E-state index in [1.807, 2.05) is 6.92 Å². The zero-order valence-corrected chi connectivity index (χ0v) is 18.7. The van der Waals surface area contributed by atoms with Crippen molar-refractivity contribution >= 4 is 29.1 Å². The van der Waals surface area contributed by atoms with Gasteiger partial charge in [0.15, 0.2) is 0 Å². The molecule has 164 valence electrons. The van der Waals surface area contributed by atoms with Crippen LogP contribution in [0.5, 0.6) is 0 Å². The second kappa shape index (κ2) is 8.88. The van der Waals surface area contributed by atoms with E-state index < -0.39 is 40.1 Å². The maximum atomic E-state index is 13.1. The highest BCUT2D eigenvalue weighted by Gasteiger charge is 2.65. The van der Waals surface area contributed by atoms with Gasteiger partial charge in [0.05, 0.1) is 5.03 Å². The van der Waals surface area contributed by atoms with Gasteiger partial charge in [0, 0.05) is 19.6 Å². The number of esters is 1. The molecule has 0 radical (unpaired) electrons. The third kappa shape index (κ3) is 4.15. The maximum absolute atomic E-state index is 13.1. The number of aliphatic hydroxyl groups is 1. The zero-order chi connectivity index (χ0) is 22.9. The molecular weight excluding hydrogens is 412 g/mol. The molecule has 2 rings (SSSR count). The Balaban J connectivity index is 2.56. The Kier molecular flexibility index (Phi) is 7.12. The molecule has 0 fully saturated rings. The topological polar surface area (TPSA) is 99.1 Å². The molecule has 1 N–H and O–H groups in total. The van der Waals surface area contributed by atoms with E-state index in [0.29, 0.717) is 5.92 Å². The van der Waals surface area contributed by atoms with Gasteiger partial charge in [-0.15, -0.1) is 0 Å². The number of ether oxygens (including phenoxy) is 3. The van der Waals surface area contributed by atoms with E-state index in [9.17, 15) is 19.5 Å². The molecule has 1 aliphatic heterocycles. The van der Waals surface area contributed by atoms with Crippen LogP contribution < -0.4 is 0 Å². The number of allylic oxidation sites excluding steroid dienone is 4. The number of carbonyl (C=O) groups is 3. The second-order valence-corrected chi connectivity index (χ2v) is 8.02. The first-order valence-corrected chi connectivity index (χ1v) is 9.99. The minimum atomic E-state index is -2.43. The van der Waals surface area contributed by atoms with Gasteiger partial charge in [-0.25, -0.2) is 0 Å². The Labute approximate surface area is 181 Å². The van der Waals surface area contributed by atoms with Gasteiger partial charge in [0.1, 0.15) is 5.76 Å². The van der Waals surface area contributed by atoms with Crippen LogP contribution in [-0.2, 0) is 28.6 Å². The first kappa shape index (κ1) is 24.1. The van der Waals surface area contributed by atoms with Crippen molar-refractivity contribution in [2.45, 2.75) is 58.5 Å². The van der Waals surface area contributed by atoms with E-state index in [0.717, 1.165) is 25.8 Å². The van der Waals surface area contributed by atoms with Gasteiger partial charge in [0.2, 0.25) is 29.1 Å². The van der Waals surface area contributed by atoms with Crippen LogP contribution in [0.2, 0.25) is 0 Å². The van der Waals surface area contributed by atoms with E-state index in [-0.39, 0.29) is 11.3 Å². The highest BCUT2D eigenvalue weighted by molar-refractivity contribution is 6.48. The van der Waals surface area contributed by atoms with Crippen LogP contribution in [0.1, 0.15) is 41.0 Å². The molecule has 0 aromatic heterocycles. The van der Waals surface area contributed by atoms with Crippen molar-refractivity contribution in [3.63, 3.8) is 0 Å². The van der Waals surface area contributed by atoms with Gasteiger partial charge in [0.25, 0.3) is 0 Å². The number of Topliss-reactive ketones (excluding diaryl/α,β-unsaturated/α-hetero) is 2. The van der Waals surface area contributed by atoms with Crippen LogP contribution in [0.15, 0.2) is 46.2 Å². The molecule has 8 heteroatoms. The van der Waals surface area contributed by atoms with Crippen LogP contribution in [0.25, 0.3) is 0 Å². The summed E-state index contributed by atoms with van der Waals surface area (Å²) in [6.07, 6.45) is 6.34. The molecule has 4 atom stereocenters. The highest BCUT2D eigenvalue weighted by Crippen LogP contribution is 2.45. The first-order chi connectivity index (χ1) is 13.9. The number of rotatable bonds is 6. The lowest BCUT2D eigenvalue weighted by molar-refractivity contribution is -0.214. The molecule has 0 saturated heterocycles. The molecule has 0 bridgehead atoms. The highest BCUT2D eigenvalue weighted by atomic mass is 35.5. The van der Waals surface area contributed by atoms with E-state index in [2.05, 4.69) is 19.9 Å². The normalized spacial score (nSPS) is 30.7. The predicted molar refractivity (Wildman–Crippen MR) is 110 cm³/mol. The number of hydrogen-bond acceptors (Lipinski definition) is 7. The summed E-state index contributed by atoms with van der Waals surface area (Å²) in [4.78, 5) is 37.4. The molecule has 2 aliphatic rings. The van der Waals surface area contributed by atoms with E-state index in [1.54, 1.807) is 12.2 Å². The first-order valence-electron chi connectivity index (χ1n) is 9.61. The maximum Gasteiger partial charge on any atom is 0.304 e. The van der Waals surface area contributed by atoms with Crippen LogP contribution in [0.3, 0.4) is 0 Å². The van der Waals surface area contributed by atoms with Crippen molar-refractivity contribution in [2.24, 2.45) is 5.92 Å². The molecule has 1 heterocycles. The van der Waals surface area contributed by atoms with Gasteiger partial charge >= 0.3 is 5.97 Å². The summed E-state index contributed by atoms with van der Waals surface area (Å²) in [6, 6.07) is 0. The molecule has 1 aliphatic carbocycles. The number of hydrogen-bond donors (Lipinski definition) is 1. The summed E-state index contributed by atoms with van der Waals surface area (Å²) in [7, 11) is 1.24. The third-order valence-corrected chi connectivity index (χ3v) is 5.57. The van der Waals surface area contributed by atoms with Crippen molar-refractivity contribution < 1.29 is 33.7 Å². The van der Waals surface area contributed by atoms with Crippen molar-refractivity contribution in [1.29, 1.82) is 0 Å². The van der Waals surface area contributed by atoms with Gasteiger partial charge in [-0.2, -0.15) is 0 Å². The number of fused-ring (bicyclic) bond motifs is 1. The SMILES string of the molecule is CC[C@H](C)/C=C(C)/C=C/C1=CC2=C(Cl)C(=O)[C@](C)(OC(C)=O)C(=O)[C@@]2(O)[C@@H](OC)O1. The van der Waals surface area contributed by atoms with Crippen LogP contribution in [0.4, 0.5) is 0 Å². The third-order valence-electron chi connectivity index (χ3n) is 5.19. The Morgan fingerprint density at radius 2 is 2.03 bits per heavy atom. The van der Waals surface area contributed by atoms with Gasteiger partial charge in [-0.1, -0.05) is 49.6 Å². The predicted octanol–water partition coefficient (Wildman–Crippen LogP) is 3.12. The molecule has 0 spiro atoms. The van der Waals surface area contributed by atoms with Crippen molar-refractivity contribution in [1.82, 2.24) is 0 Å². The van der Waals surface area contributed by atoms with Gasteiger partial charge in [-0.05, 0) is 31.9 Å². The number of halogens is 1. The van der Waals surface area contributed by atoms with E-state index in [1.165, 1.54) is 13.2 Å². The molecule has 0 saturated carbocycles. The lowest BCUT2D eigenvalue weighted by Gasteiger charge is -2.45. The van der Waals surface area contributed by atoms with Gasteiger partial charge in [-0.3, -0.25) is 14.4 Å². The molecule has 7 nitrogen and oxygen atoms in total. The smallest absolute Gasteiger partial charge is 0.304 e. The summed E-state index contributed by atoms with van der Waals surface area (Å²) >= 11 is 6.24. The average molecular weight is 439 g/mol. The van der Waals surface area contributed by atoms with Crippen LogP contribution in [-0.4, -0.2) is 47.2 Å². The summed E-state index contributed by atoms with van der Waals surface area (Å²) in [5.41, 5.74) is -3.90. The Hall–Kier alpha value is -2.22. The lowest BCUT2D eigenvalue weighted by Crippen LogP contribution is -2.67. The summed E-state index contributed by atoms with van der Waals surface area (Å²) in [5.74, 6) is -2.24. The fraction of sp³-hybridized carbons (Fsp3) is 0.500. The molecule has 0 aromatic rings. The number of methoxy groups -OCH3 is 1. The number of ketones is 2. The van der Waals surface area contributed by atoms with Crippen molar-refractivity contribution in [3.05, 3.63) is 46.2 Å². The number of carbonyl (C=O) groups excluding carboxylic acids is 3. The minimum Gasteiger partial charge on any atom is -0.461 e. The fourth-order valence-electron chi connectivity index (χ4n) is 3.40. The fourth-order valence-corrected chi connectivity index (χ4v) is 3.78. The largest absolute Gasteiger partial charge is 0.461 e. The van der Waals surface area contributed by atoms with Crippen molar-refractivity contribution in [3.8, 4) is 0 Å². The summed E-state index contributed by atoms with van der Waals surface area (Å²) in [6.45, 7) is 8.25. The monoisotopic (exact) mass is 438 g/mol. The Morgan fingerprint density at radius 3 is 2.57 bits per heavy atom. The van der Waals surface area contributed by atoms with Gasteiger partial charge < -0.3 is 19.3 Å². The second-order valence-electron chi connectivity index (χ2n) is 7.64. The quantitative estimate of drug-likeness (QED) is 0.386. The minimum absolute atomic E-state index is 0.162. The van der Waals surface area contributed by atoms with Crippen LogP contribution in [0, 0.1) is 5.92 Å². The van der Waals surface area contributed by atoms with Crippen molar-refractivity contribution in [2.75, 3.05) is 7.11 Å². The lowest BCUT2D eigenvalue weighted by atomic mass is 9.71. The molecule has 0 unspecified atom stereocenters. The standard InChI is InChI=1S/C22H27ClO7/c1-7-12(2)10-13(3)8-9-15-11-16-17(23)18(25)21(5,30-14(4)24)19(26)22(16,27)20(28-6)29-15/h8-12,20,27H,7H2,1-6H3/b9-8+,13-10+/t12-,20-,21-,22+/m0/s1. The molecule has 0 aromatic carbocycles. The van der Waals surface area contributed by atoms with E-state index >= 15 is 0 Å². The Morgan fingerprint density at radius 1 is 1.40 bits per heavy atom. The van der Waals surface area contributed by atoms with E-state index in [4.69, 9.17) is 25.8 Å². The molecule has 0 amide bonds. The molecule has 30 heavy (non-hydrogen) atoms. The summed E-state index contributed by atoms with van der Waals surface area (Å²) in [5, 5.41) is 10.8. The summed E-state index contributed by atoms with van der Waals surface area (Å²) < 4.78 is 15.8. The average Bonchev–Trinajstić information content (AvgIpc) is 2.69. The zero-order valence-electron chi connectivity index (χ0n) is 17.9. The Bertz CT molecular complexity index is 882. The van der Waals surface area contributed by atoms with Crippen LogP contribution >= 0.6 is 11.6 Å².